The Bertz CT molecular complexity index is 1310. The largest absolute Gasteiger partial charge is 0.368 e. The van der Waals surface area contributed by atoms with Crippen LogP contribution >= 0.6 is 11.3 Å². The molecule has 0 radical (unpaired) electrons. The van der Waals surface area contributed by atoms with E-state index in [0.717, 1.165) is 0 Å². The first-order valence-corrected chi connectivity index (χ1v) is 9.60. The maximum absolute atomic E-state index is 10.3. The van der Waals surface area contributed by atoms with Crippen molar-refractivity contribution >= 4 is 34.0 Å². The van der Waals surface area contributed by atoms with Gasteiger partial charge in [0.25, 0.3) is 0 Å². The molecule has 11 heteroatoms. The van der Waals surface area contributed by atoms with Crippen molar-refractivity contribution in [3.63, 3.8) is 0 Å². The van der Waals surface area contributed by atoms with Crippen LogP contribution in [0.1, 0.15) is 12.5 Å². The zero-order chi connectivity index (χ0) is 20.2. The van der Waals surface area contributed by atoms with Gasteiger partial charge < -0.3 is 15.9 Å². The lowest BCUT2D eigenvalue weighted by molar-refractivity contribution is -0.107. The number of hydrogen-bond donors (Lipinski definition) is 3. The molecule has 0 fully saturated rings. The predicted molar refractivity (Wildman–Crippen MR) is 107 cm³/mol. The fourth-order valence-corrected chi connectivity index (χ4v) is 3.89. The van der Waals surface area contributed by atoms with Crippen LogP contribution in [0.15, 0.2) is 48.1 Å². The van der Waals surface area contributed by atoms with Gasteiger partial charge in [-0.15, -0.1) is 16.4 Å². The van der Waals surface area contributed by atoms with Gasteiger partial charge in [0.15, 0.2) is 22.6 Å². The molecule has 5 rings (SSSR count). The van der Waals surface area contributed by atoms with Crippen molar-refractivity contribution in [2.45, 2.75) is 18.8 Å². The molecular weight excluding hydrogens is 392 g/mol. The molecule has 0 amide bonds. The molecule has 146 valence electrons. The van der Waals surface area contributed by atoms with Gasteiger partial charge in [0, 0.05) is 11.6 Å². The number of thiazole rings is 1. The Morgan fingerprint density at radius 3 is 2.62 bits per heavy atom. The molecule has 0 aliphatic rings. The van der Waals surface area contributed by atoms with Crippen molar-refractivity contribution in [2.24, 2.45) is 0 Å². The van der Waals surface area contributed by atoms with Gasteiger partial charge in [-0.25, -0.2) is 14.6 Å². The number of aliphatic hydroxyl groups excluding tert-OH is 1. The predicted octanol–water partition coefficient (Wildman–Crippen LogP) is 1.25. The van der Waals surface area contributed by atoms with Crippen molar-refractivity contribution in [1.82, 2.24) is 34.3 Å². The number of nitrogen functional groups attached to an aromatic ring is 1. The number of anilines is 1. The molecule has 5 aromatic rings. The minimum absolute atomic E-state index is 0.104. The molecule has 0 bridgehead atoms. The monoisotopic (exact) mass is 408 g/mol. The molecule has 1 atom stereocenters. The number of nitrogens with zero attached hydrogens (tertiary/aromatic N) is 7. The Morgan fingerprint density at radius 2 is 1.93 bits per heavy atom. The van der Waals surface area contributed by atoms with Gasteiger partial charge in [-0.2, -0.15) is 14.6 Å². The third-order valence-electron chi connectivity index (χ3n) is 4.95. The molecule has 0 saturated heterocycles. The van der Waals surface area contributed by atoms with Gasteiger partial charge in [-0.3, -0.25) is 0 Å². The summed E-state index contributed by atoms with van der Waals surface area (Å²) in [5.41, 5.74) is 6.34. The number of fused-ring (bicyclic) bond motifs is 3. The van der Waals surface area contributed by atoms with E-state index in [2.05, 4.69) is 25.1 Å². The minimum atomic E-state index is -1.74. The van der Waals surface area contributed by atoms with E-state index in [1.807, 2.05) is 23.6 Å². The van der Waals surface area contributed by atoms with Gasteiger partial charge in [-0.1, -0.05) is 30.3 Å². The third kappa shape index (κ3) is 2.52. The molecule has 0 aliphatic carbocycles. The highest BCUT2D eigenvalue weighted by Crippen LogP contribution is 2.33. The molecule has 4 aromatic heterocycles. The molecule has 4 heterocycles. The molecule has 1 unspecified atom stereocenters. The summed E-state index contributed by atoms with van der Waals surface area (Å²) in [5.74, 6) is 0.536. The number of aliphatic hydroxyl groups is 2. The van der Waals surface area contributed by atoms with Crippen molar-refractivity contribution in [3.8, 4) is 10.8 Å². The van der Waals surface area contributed by atoms with Crippen LogP contribution < -0.4 is 5.73 Å². The third-order valence-corrected chi connectivity index (χ3v) is 5.72. The summed E-state index contributed by atoms with van der Waals surface area (Å²) >= 11 is 1.42. The lowest BCUT2D eigenvalue weighted by Crippen LogP contribution is -2.44. The average molecular weight is 408 g/mol. The summed E-state index contributed by atoms with van der Waals surface area (Å²) in [4.78, 5) is 13.2. The SMILES string of the molecule is CC(c1ccccc1)(C(O)O)n1ncc2c1nc(N)n1nc(-c3nccs3)nc21. The normalized spacial score (nSPS) is 14.1. The van der Waals surface area contributed by atoms with Crippen molar-refractivity contribution in [3.05, 3.63) is 53.7 Å². The van der Waals surface area contributed by atoms with Crippen LogP contribution in [0.25, 0.3) is 27.5 Å². The Balaban J connectivity index is 1.78. The molecule has 0 saturated carbocycles. The summed E-state index contributed by atoms with van der Waals surface area (Å²) < 4.78 is 2.89. The lowest BCUT2D eigenvalue weighted by atomic mass is 9.91. The first-order chi connectivity index (χ1) is 14.0. The summed E-state index contributed by atoms with van der Waals surface area (Å²) in [6, 6.07) is 9.09. The number of benzene rings is 1. The van der Waals surface area contributed by atoms with Crippen molar-refractivity contribution in [2.75, 3.05) is 5.73 Å². The highest BCUT2D eigenvalue weighted by atomic mass is 32.1. The Kier molecular flexibility index (Phi) is 3.84. The Hall–Kier alpha value is -3.41. The molecular formula is C18H16N8O2S. The fraction of sp³-hybridized carbons (Fsp3) is 0.167. The van der Waals surface area contributed by atoms with E-state index in [9.17, 15) is 10.2 Å². The van der Waals surface area contributed by atoms with Gasteiger partial charge in [-0.05, 0) is 12.5 Å². The summed E-state index contributed by atoms with van der Waals surface area (Å²) in [7, 11) is 0. The van der Waals surface area contributed by atoms with Crippen LogP contribution in [0.3, 0.4) is 0 Å². The van der Waals surface area contributed by atoms with E-state index in [-0.39, 0.29) is 5.95 Å². The van der Waals surface area contributed by atoms with Crippen LogP contribution in [0, 0.1) is 0 Å². The zero-order valence-corrected chi connectivity index (χ0v) is 16.0. The summed E-state index contributed by atoms with van der Waals surface area (Å²) in [5, 5.41) is 32.4. The first-order valence-electron chi connectivity index (χ1n) is 8.72. The van der Waals surface area contributed by atoms with Crippen LogP contribution in [0.4, 0.5) is 5.95 Å². The zero-order valence-electron chi connectivity index (χ0n) is 15.2. The number of hydrogen-bond acceptors (Lipinski definition) is 9. The van der Waals surface area contributed by atoms with Crippen LogP contribution in [-0.4, -0.2) is 50.8 Å². The maximum atomic E-state index is 10.3. The number of rotatable bonds is 4. The Labute approximate surface area is 167 Å². The molecule has 0 aliphatic heterocycles. The second-order valence-electron chi connectivity index (χ2n) is 6.66. The van der Waals surface area contributed by atoms with Gasteiger partial charge >= 0.3 is 0 Å². The van der Waals surface area contributed by atoms with E-state index in [1.165, 1.54) is 20.5 Å². The second kappa shape index (κ2) is 6.30. The van der Waals surface area contributed by atoms with Crippen LogP contribution in [0.5, 0.6) is 0 Å². The first kappa shape index (κ1) is 17.7. The highest BCUT2D eigenvalue weighted by Gasteiger charge is 2.39. The smallest absolute Gasteiger partial charge is 0.225 e. The molecule has 10 nitrogen and oxygen atoms in total. The van der Waals surface area contributed by atoms with E-state index in [4.69, 9.17) is 5.73 Å². The summed E-state index contributed by atoms with van der Waals surface area (Å²) in [6.07, 6.45) is 1.51. The minimum Gasteiger partial charge on any atom is -0.368 e. The van der Waals surface area contributed by atoms with Gasteiger partial charge in [0.05, 0.1) is 11.6 Å². The van der Waals surface area contributed by atoms with Gasteiger partial charge in [0.1, 0.15) is 5.54 Å². The molecule has 29 heavy (non-hydrogen) atoms. The van der Waals surface area contributed by atoms with Crippen LogP contribution in [0.2, 0.25) is 0 Å². The van der Waals surface area contributed by atoms with E-state index in [0.29, 0.717) is 33.1 Å². The highest BCUT2D eigenvalue weighted by molar-refractivity contribution is 7.13. The average Bonchev–Trinajstić information content (AvgIpc) is 3.46. The molecule has 1 aromatic carbocycles. The number of nitrogens with two attached hydrogens (primary N) is 1. The summed E-state index contributed by atoms with van der Waals surface area (Å²) in [6.45, 7) is 1.67. The molecule has 0 spiro atoms. The maximum Gasteiger partial charge on any atom is 0.225 e. The van der Waals surface area contributed by atoms with Crippen molar-refractivity contribution in [1.29, 1.82) is 0 Å². The standard InChI is InChI=1S/C18H16N8O2S/c1-18(16(27)28,10-5-3-2-4-6-10)26-14-11(9-21-26)13-22-12(15-20-7-8-29-15)24-25(13)17(19)23-14/h2-9,16,27-28H,1H3,(H2,19,23). The molecule has 4 N–H and O–H groups in total. The Morgan fingerprint density at radius 1 is 1.14 bits per heavy atom. The van der Waals surface area contributed by atoms with Crippen molar-refractivity contribution < 1.29 is 10.2 Å². The number of aromatic nitrogens is 7. The van der Waals surface area contributed by atoms with Crippen LogP contribution in [-0.2, 0) is 5.54 Å². The fourth-order valence-electron chi connectivity index (χ4n) is 3.33. The lowest BCUT2D eigenvalue weighted by Gasteiger charge is -2.32. The van der Waals surface area contributed by atoms with E-state index in [1.54, 1.807) is 31.5 Å². The van der Waals surface area contributed by atoms with E-state index >= 15 is 0 Å². The topological polar surface area (TPSA) is 140 Å². The van der Waals surface area contributed by atoms with Gasteiger partial charge in [0.2, 0.25) is 11.8 Å². The van der Waals surface area contributed by atoms with E-state index < -0.39 is 11.8 Å². The quantitative estimate of drug-likeness (QED) is 0.378. The second-order valence-corrected chi connectivity index (χ2v) is 7.55.